The number of ether oxygens (including phenoxy) is 1. The maximum Gasteiger partial charge on any atom is 0.165 e. The summed E-state index contributed by atoms with van der Waals surface area (Å²) in [7, 11) is 0. The summed E-state index contributed by atoms with van der Waals surface area (Å²) < 4.78 is 18.9. The van der Waals surface area contributed by atoms with Crippen molar-refractivity contribution in [3.05, 3.63) is 46.2 Å². The normalized spacial score (nSPS) is 10.4. The number of hydrogen-bond donors (Lipinski definition) is 0. The van der Waals surface area contributed by atoms with Gasteiger partial charge in [-0.25, -0.2) is 9.37 Å². The quantitative estimate of drug-likeness (QED) is 0.802. The highest BCUT2D eigenvalue weighted by atomic mass is 79.9. The molecular weight excluding hydrogens is 293 g/mol. The fourth-order valence-corrected chi connectivity index (χ4v) is 2.25. The first kappa shape index (κ1) is 11.5. The van der Waals surface area contributed by atoms with Gasteiger partial charge in [0, 0.05) is 22.5 Å². The Morgan fingerprint density at radius 2 is 2.31 bits per heavy atom. The first-order valence-corrected chi connectivity index (χ1v) is 6.66. The molecule has 1 aromatic carbocycles. The third-order valence-corrected chi connectivity index (χ3v) is 3.37. The highest BCUT2D eigenvalue weighted by Gasteiger charge is 2.09. The van der Waals surface area contributed by atoms with Gasteiger partial charge >= 0.3 is 0 Å². The lowest BCUT2D eigenvalue weighted by molar-refractivity contribution is 0.287. The smallest absolute Gasteiger partial charge is 0.165 e. The van der Waals surface area contributed by atoms with Crippen LogP contribution in [0.1, 0.15) is 10.6 Å². The molecule has 0 aliphatic heterocycles. The lowest BCUT2D eigenvalue weighted by atomic mass is 10.2. The predicted octanol–water partition coefficient (Wildman–Crippen LogP) is 3.76. The molecule has 0 N–H and O–H groups in total. The first-order chi connectivity index (χ1) is 7.81. The molecule has 0 aliphatic rings. The summed E-state index contributed by atoms with van der Waals surface area (Å²) in [4.78, 5) is 4.08. The minimum atomic E-state index is -0.339. The molecule has 0 radical (unpaired) electrons. The van der Waals surface area contributed by atoms with Gasteiger partial charge in [-0.3, -0.25) is 0 Å². The Kier molecular flexibility index (Phi) is 3.90. The molecule has 5 heteroatoms. The summed E-state index contributed by atoms with van der Waals surface area (Å²) in [5, 5.41) is 3.27. The van der Waals surface area contributed by atoms with E-state index >= 15 is 0 Å². The maximum atomic E-state index is 13.5. The monoisotopic (exact) mass is 301 g/mol. The molecule has 84 valence electrons. The number of benzene rings is 1. The zero-order valence-electron chi connectivity index (χ0n) is 8.32. The molecule has 2 aromatic rings. The zero-order chi connectivity index (χ0) is 11.4. The van der Waals surface area contributed by atoms with Gasteiger partial charge in [-0.2, -0.15) is 0 Å². The number of thiazole rings is 1. The molecule has 0 amide bonds. The van der Waals surface area contributed by atoms with Crippen molar-refractivity contribution in [3.63, 3.8) is 0 Å². The largest absolute Gasteiger partial charge is 0.483 e. The fraction of sp³-hybridized carbons (Fsp3) is 0.182. The van der Waals surface area contributed by atoms with Crippen LogP contribution < -0.4 is 4.74 Å². The Hall–Kier alpha value is -0.940. The van der Waals surface area contributed by atoms with Crippen molar-refractivity contribution in [1.29, 1.82) is 0 Å². The van der Waals surface area contributed by atoms with Crippen LogP contribution in [-0.4, -0.2) is 4.98 Å². The van der Waals surface area contributed by atoms with E-state index in [2.05, 4.69) is 20.9 Å². The first-order valence-electron chi connectivity index (χ1n) is 4.66. The topological polar surface area (TPSA) is 22.1 Å². The molecule has 16 heavy (non-hydrogen) atoms. The van der Waals surface area contributed by atoms with Crippen molar-refractivity contribution >= 4 is 27.3 Å². The van der Waals surface area contributed by atoms with E-state index in [0.29, 0.717) is 17.7 Å². The Labute approximate surface area is 105 Å². The van der Waals surface area contributed by atoms with Gasteiger partial charge < -0.3 is 4.74 Å². The van der Waals surface area contributed by atoms with Crippen LogP contribution >= 0.6 is 27.3 Å². The molecule has 0 aliphatic carbocycles. The third kappa shape index (κ3) is 2.59. The zero-order valence-corrected chi connectivity index (χ0v) is 10.7. The van der Waals surface area contributed by atoms with Crippen molar-refractivity contribution in [1.82, 2.24) is 4.98 Å². The fourth-order valence-electron chi connectivity index (χ4n) is 1.28. The van der Waals surface area contributed by atoms with Gasteiger partial charge in [0.05, 0.1) is 0 Å². The van der Waals surface area contributed by atoms with Crippen molar-refractivity contribution < 1.29 is 9.13 Å². The molecule has 1 heterocycles. The minimum Gasteiger partial charge on any atom is -0.483 e. The van der Waals surface area contributed by atoms with Crippen LogP contribution in [0.2, 0.25) is 0 Å². The van der Waals surface area contributed by atoms with Crippen LogP contribution in [0.15, 0.2) is 29.8 Å². The number of aromatic nitrogens is 1. The molecule has 1 aromatic heterocycles. The van der Waals surface area contributed by atoms with Gasteiger partial charge in [-0.05, 0) is 6.07 Å². The van der Waals surface area contributed by atoms with Crippen molar-refractivity contribution in [2.45, 2.75) is 11.9 Å². The highest BCUT2D eigenvalue weighted by molar-refractivity contribution is 9.08. The summed E-state index contributed by atoms with van der Waals surface area (Å²) in [6.07, 6.45) is 1.70. The number of nitrogens with zero attached hydrogens (tertiary/aromatic N) is 1. The Morgan fingerprint density at radius 3 is 3.00 bits per heavy atom. The molecule has 2 nitrogen and oxygen atoms in total. The van der Waals surface area contributed by atoms with E-state index in [-0.39, 0.29) is 5.82 Å². The average Bonchev–Trinajstić information content (AvgIpc) is 2.80. The summed E-state index contributed by atoms with van der Waals surface area (Å²) >= 11 is 4.79. The second-order valence-corrected chi connectivity index (χ2v) is 4.62. The van der Waals surface area contributed by atoms with Crippen molar-refractivity contribution in [2.75, 3.05) is 0 Å². The molecule has 0 saturated heterocycles. The summed E-state index contributed by atoms with van der Waals surface area (Å²) in [6.45, 7) is 0.304. The number of alkyl halides is 1. The van der Waals surface area contributed by atoms with E-state index in [1.165, 1.54) is 17.4 Å². The second kappa shape index (κ2) is 5.41. The predicted molar refractivity (Wildman–Crippen MR) is 65.5 cm³/mol. The van der Waals surface area contributed by atoms with E-state index < -0.39 is 0 Å². The Bertz CT molecular complexity index is 461. The van der Waals surface area contributed by atoms with Gasteiger partial charge in [0.2, 0.25) is 0 Å². The van der Waals surface area contributed by atoms with Crippen molar-refractivity contribution in [2.24, 2.45) is 0 Å². The van der Waals surface area contributed by atoms with E-state index in [4.69, 9.17) is 4.74 Å². The van der Waals surface area contributed by atoms with Crippen LogP contribution in [0.4, 0.5) is 4.39 Å². The molecule has 0 saturated carbocycles. The number of rotatable bonds is 4. The molecule has 2 rings (SSSR count). The van der Waals surface area contributed by atoms with Crippen LogP contribution in [-0.2, 0) is 11.9 Å². The van der Waals surface area contributed by atoms with E-state index in [0.717, 1.165) is 10.6 Å². The molecule has 0 bridgehead atoms. The standard InChI is InChI=1S/C11H9BrFNOS/c12-6-8-2-1-3-9(13)11(8)15-7-10-14-4-5-16-10/h1-5H,6-7H2. The highest BCUT2D eigenvalue weighted by Crippen LogP contribution is 2.25. The lowest BCUT2D eigenvalue weighted by Crippen LogP contribution is -1.99. The van der Waals surface area contributed by atoms with Crippen LogP contribution in [0, 0.1) is 5.82 Å². The van der Waals surface area contributed by atoms with Crippen LogP contribution in [0.5, 0.6) is 5.75 Å². The SMILES string of the molecule is Fc1cccc(CBr)c1OCc1nccs1. The van der Waals surface area contributed by atoms with E-state index in [1.807, 2.05) is 11.4 Å². The molecule has 0 atom stereocenters. The minimum absolute atomic E-state index is 0.301. The van der Waals surface area contributed by atoms with E-state index in [9.17, 15) is 4.39 Å². The number of para-hydroxylation sites is 1. The molecular formula is C11H9BrFNOS. The maximum absolute atomic E-state index is 13.5. The van der Waals surface area contributed by atoms with E-state index in [1.54, 1.807) is 12.3 Å². The van der Waals surface area contributed by atoms with Crippen LogP contribution in [0.25, 0.3) is 0 Å². The average molecular weight is 302 g/mol. The molecule has 0 fully saturated rings. The summed E-state index contributed by atoms with van der Waals surface area (Å²) in [6, 6.07) is 4.89. The third-order valence-electron chi connectivity index (χ3n) is 2.02. The second-order valence-electron chi connectivity index (χ2n) is 3.08. The number of halogens is 2. The molecule has 0 spiro atoms. The number of hydrogen-bond acceptors (Lipinski definition) is 3. The summed E-state index contributed by atoms with van der Waals surface area (Å²) in [5.74, 6) is -0.0388. The van der Waals surface area contributed by atoms with Gasteiger partial charge in [0.1, 0.15) is 11.6 Å². The molecule has 0 unspecified atom stereocenters. The lowest BCUT2D eigenvalue weighted by Gasteiger charge is -2.09. The van der Waals surface area contributed by atoms with Crippen LogP contribution in [0.3, 0.4) is 0 Å². The van der Waals surface area contributed by atoms with Gasteiger partial charge in [0.15, 0.2) is 11.6 Å². The van der Waals surface area contributed by atoms with Gasteiger partial charge in [-0.15, -0.1) is 11.3 Å². The van der Waals surface area contributed by atoms with Crippen molar-refractivity contribution in [3.8, 4) is 5.75 Å². The van der Waals surface area contributed by atoms with Gasteiger partial charge in [0.25, 0.3) is 0 Å². The van der Waals surface area contributed by atoms with Gasteiger partial charge in [-0.1, -0.05) is 28.1 Å². The Balaban J connectivity index is 2.14. The Morgan fingerprint density at radius 1 is 1.44 bits per heavy atom. The summed E-state index contributed by atoms with van der Waals surface area (Å²) in [5.41, 5.74) is 0.802.